The molecule has 1 amide bonds. The van der Waals surface area contributed by atoms with Crippen LogP contribution in [0.2, 0.25) is 0 Å². The molecule has 0 fully saturated rings. The van der Waals surface area contributed by atoms with Crippen LogP contribution in [0.1, 0.15) is 37.2 Å². The summed E-state index contributed by atoms with van der Waals surface area (Å²) in [4.78, 5) is 22.3. The van der Waals surface area contributed by atoms with E-state index in [1.807, 2.05) is 45.1 Å². The normalized spacial score (nSPS) is 11.5. The van der Waals surface area contributed by atoms with Gasteiger partial charge in [-0.3, -0.25) is 4.79 Å². The van der Waals surface area contributed by atoms with Gasteiger partial charge in [0.15, 0.2) is 11.6 Å². The van der Waals surface area contributed by atoms with Gasteiger partial charge in [-0.25, -0.2) is 15.0 Å². The Labute approximate surface area is 171 Å². The number of hydrogen-bond acceptors (Lipinski definition) is 6. The second-order valence-electron chi connectivity index (χ2n) is 6.38. The van der Waals surface area contributed by atoms with Crippen LogP contribution < -0.4 is 14.2 Å². The molecule has 2 aromatic rings. The zero-order valence-corrected chi connectivity index (χ0v) is 17.3. The SMILES string of the molecule is C/C=C/COc1cc(C)c(OCCCOc2cnc(C(C)=NC=O)nc2)c(C)c1. The second-order valence-corrected chi connectivity index (χ2v) is 6.38. The zero-order valence-electron chi connectivity index (χ0n) is 17.3. The van der Waals surface area contributed by atoms with E-state index in [4.69, 9.17) is 14.2 Å². The van der Waals surface area contributed by atoms with E-state index in [2.05, 4.69) is 15.0 Å². The Morgan fingerprint density at radius 3 is 2.31 bits per heavy atom. The van der Waals surface area contributed by atoms with Gasteiger partial charge < -0.3 is 14.2 Å². The van der Waals surface area contributed by atoms with Gasteiger partial charge in [-0.05, 0) is 51.0 Å². The molecule has 1 heterocycles. The van der Waals surface area contributed by atoms with Crippen LogP contribution in [-0.4, -0.2) is 41.9 Å². The van der Waals surface area contributed by atoms with E-state index in [1.54, 1.807) is 19.3 Å². The Balaban J connectivity index is 1.79. The lowest BCUT2D eigenvalue weighted by Crippen LogP contribution is -2.08. The van der Waals surface area contributed by atoms with Crippen molar-refractivity contribution in [2.75, 3.05) is 19.8 Å². The molecule has 0 aliphatic rings. The summed E-state index contributed by atoms with van der Waals surface area (Å²) in [5.41, 5.74) is 2.54. The van der Waals surface area contributed by atoms with Crippen molar-refractivity contribution in [3.63, 3.8) is 0 Å². The van der Waals surface area contributed by atoms with E-state index in [-0.39, 0.29) is 0 Å². The molecule has 0 unspecified atom stereocenters. The van der Waals surface area contributed by atoms with Gasteiger partial charge in [0.05, 0.1) is 31.3 Å². The van der Waals surface area contributed by atoms with Crippen molar-refractivity contribution < 1.29 is 19.0 Å². The van der Waals surface area contributed by atoms with E-state index >= 15 is 0 Å². The van der Waals surface area contributed by atoms with E-state index in [1.165, 1.54) is 0 Å². The number of nitrogens with zero attached hydrogens (tertiary/aromatic N) is 3. The number of ether oxygens (including phenoxy) is 3. The highest BCUT2D eigenvalue weighted by Crippen LogP contribution is 2.28. The molecular formula is C22H27N3O4. The van der Waals surface area contributed by atoms with Gasteiger partial charge >= 0.3 is 0 Å². The Morgan fingerprint density at radius 1 is 1.03 bits per heavy atom. The smallest absolute Gasteiger partial charge is 0.233 e. The van der Waals surface area contributed by atoms with Crippen molar-refractivity contribution in [3.05, 3.63) is 53.6 Å². The molecule has 1 aromatic carbocycles. The van der Waals surface area contributed by atoms with Gasteiger partial charge in [-0.2, -0.15) is 0 Å². The van der Waals surface area contributed by atoms with Crippen LogP contribution in [0.3, 0.4) is 0 Å². The molecular weight excluding hydrogens is 370 g/mol. The first-order valence-electron chi connectivity index (χ1n) is 9.46. The van der Waals surface area contributed by atoms with Crippen molar-refractivity contribution in [2.24, 2.45) is 4.99 Å². The van der Waals surface area contributed by atoms with Crippen LogP contribution in [0.5, 0.6) is 17.2 Å². The minimum atomic E-state index is 0.400. The number of carbonyl (C=O) groups is 1. The molecule has 0 aliphatic carbocycles. The minimum Gasteiger partial charge on any atom is -0.493 e. The number of amides is 1. The Hall–Kier alpha value is -3.22. The highest BCUT2D eigenvalue weighted by molar-refractivity contribution is 5.98. The van der Waals surface area contributed by atoms with Gasteiger partial charge in [0, 0.05) is 6.42 Å². The highest BCUT2D eigenvalue weighted by Gasteiger charge is 2.08. The highest BCUT2D eigenvalue weighted by atomic mass is 16.5. The Bertz CT molecular complexity index is 838. The second kappa shape index (κ2) is 11.6. The predicted molar refractivity (Wildman–Crippen MR) is 112 cm³/mol. The van der Waals surface area contributed by atoms with Gasteiger partial charge in [-0.1, -0.05) is 12.2 Å². The van der Waals surface area contributed by atoms with Crippen LogP contribution in [-0.2, 0) is 4.79 Å². The molecule has 0 spiro atoms. The van der Waals surface area contributed by atoms with E-state index in [0.29, 0.717) is 49.9 Å². The van der Waals surface area contributed by atoms with Crippen molar-refractivity contribution >= 4 is 12.1 Å². The third-order valence-corrected chi connectivity index (χ3v) is 4.02. The molecule has 0 saturated heterocycles. The number of aromatic nitrogens is 2. The van der Waals surface area contributed by atoms with Crippen LogP contribution in [0.4, 0.5) is 0 Å². The molecule has 7 heteroatoms. The van der Waals surface area contributed by atoms with Crippen molar-refractivity contribution in [3.8, 4) is 17.2 Å². The summed E-state index contributed by atoms with van der Waals surface area (Å²) >= 11 is 0. The monoisotopic (exact) mass is 397 g/mol. The maximum absolute atomic E-state index is 10.4. The van der Waals surface area contributed by atoms with Gasteiger partial charge in [0.1, 0.15) is 18.1 Å². The third kappa shape index (κ3) is 7.03. The first kappa shape index (κ1) is 22.1. The predicted octanol–water partition coefficient (Wildman–Crippen LogP) is 3.86. The summed E-state index contributed by atoms with van der Waals surface area (Å²) in [6.07, 6.45) is 8.24. The molecule has 0 aliphatic heterocycles. The average molecular weight is 397 g/mol. The number of hydrogen-bond donors (Lipinski definition) is 0. The molecule has 154 valence electrons. The number of aryl methyl sites for hydroxylation is 2. The number of aliphatic imine (C=N–C) groups is 1. The van der Waals surface area contributed by atoms with Crippen LogP contribution in [0, 0.1) is 13.8 Å². The summed E-state index contributed by atoms with van der Waals surface area (Å²) in [5.74, 6) is 2.67. The molecule has 7 nitrogen and oxygen atoms in total. The quantitative estimate of drug-likeness (QED) is 0.248. The van der Waals surface area contributed by atoms with E-state index < -0.39 is 0 Å². The summed E-state index contributed by atoms with van der Waals surface area (Å²) in [6.45, 7) is 9.23. The summed E-state index contributed by atoms with van der Waals surface area (Å²) in [5, 5.41) is 0. The molecule has 2 rings (SSSR count). The van der Waals surface area contributed by atoms with Gasteiger partial charge in [0.2, 0.25) is 6.41 Å². The fourth-order valence-electron chi connectivity index (χ4n) is 2.60. The minimum absolute atomic E-state index is 0.400. The average Bonchev–Trinajstić information content (AvgIpc) is 2.70. The summed E-state index contributed by atoms with van der Waals surface area (Å²) in [7, 11) is 0. The largest absolute Gasteiger partial charge is 0.493 e. The zero-order chi connectivity index (χ0) is 21.1. The van der Waals surface area contributed by atoms with Crippen LogP contribution in [0.25, 0.3) is 0 Å². The molecule has 0 saturated carbocycles. The lowest BCUT2D eigenvalue weighted by molar-refractivity contribution is -0.106. The van der Waals surface area contributed by atoms with Crippen molar-refractivity contribution in [1.82, 2.24) is 9.97 Å². The fourth-order valence-corrected chi connectivity index (χ4v) is 2.60. The van der Waals surface area contributed by atoms with Gasteiger partial charge in [0.25, 0.3) is 0 Å². The maximum Gasteiger partial charge on any atom is 0.233 e. The van der Waals surface area contributed by atoms with Crippen molar-refractivity contribution in [1.29, 1.82) is 0 Å². The fraction of sp³-hybridized carbons (Fsp3) is 0.364. The van der Waals surface area contributed by atoms with Gasteiger partial charge in [-0.15, -0.1) is 0 Å². The number of rotatable bonds is 11. The molecule has 29 heavy (non-hydrogen) atoms. The summed E-state index contributed by atoms with van der Waals surface area (Å²) in [6, 6.07) is 3.97. The molecule has 0 bridgehead atoms. The standard InChI is InChI=1S/C22H27N3O4/c1-5-6-8-27-19-11-16(2)21(17(3)12-19)29-10-7-9-28-20-13-23-22(24-14-20)18(4)25-15-26/h5-6,11-15H,7-10H2,1-4H3/b6-5+,25-18?. The van der Waals surface area contributed by atoms with Crippen LogP contribution >= 0.6 is 0 Å². The maximum atomic E-state index is 10.4. The van der Waals surface area contributed by atoms with E-state index in [9.17, 15) is 4.79 Å². The summed E-state index contributed by atoms with van der Waals surface area (Å²) < 4.78 is 17.3. The van der Waals surface area contributed by atoms with E-state index in [0.717, 1.165) is 22.6 Å². The topological polar surface area (TPSA) is 82.9 Å². The van der Waals surface area contributed by atoms with Crippen LogP contribution in [0.15, 0.2) is 41.7 Å². The molecule has 0 radical (unpaired) electrons. The third-order valence-electron chi connectivity index (χ3n) is 4.02. The lowest BCUT2D eigenvalue weighted by Gasteiger charge is -2.14. The molecule has 0 N–H and O–H groups in total. The lowest BCUT2D eigenvalue weighted by atomic mass is 10.1. The first-order valence-corrected chi connectivity index (χ1v) is 9.46. The number of allylic oxidation sites excluding steroid dienone is 1. The first-order chi connectivity index (χ1) is 14.0. The Morgan fingerprint density at radius 2 is 1.69 bits per heavy atom. The number of benzene rings is 1. The Kier molecular flexibility index (Phi) is 8.82. The van der Waals surface area contributed by atoms with Crippen molar-refractivity contribution in [2.45, 2.75) is 34.1 Å². The molecule has 0 atom stereocenters. The molecule has 1 aromatic heterocycles. The number of carbonyl (C=O) groups excluding carboxylic acids is 1.